The van der Waals surface area contributed by atoms with Crippen molar-refractivity contribution in [1.29, 1.82) is 0 Å². The molecular formula is C16H14F2N4O2. The molecule has 2 aromatic heterocycles. The van der Waals surface area contributed by atoms with E-state index < -0.39 is 22.9 Å². The van der Waals surface area contributed by atoms with Crippen LogP contribution >= 0.6 is 0 Å². The van der Waals surface area contributed by atoms with Gasteiger partial charge < -0.3 is 5.32 Å². The predicted octanol–water partition coefficient (Wildman–Crippen LogP) is 1.96. The van der Waals surface area contributed by atoms with E-state index in [1.54, 1.807) is 6.92 Å². The summed E-state index contributed by atoms with van der Waals surface area (Å²) in [5.41, 5.74) is 0.487. The zero-order chi connectivity index (χ0) is 17.6. The van der Waals surface area contributed by atoms with E-state index in [1.165, 1.54) is 30.9 Å². The standard InChI is InChI=1S/C16H14F2N4O2/c1-8-7-19-14-12(15(23)22(3)16(24)21(14)2)13(8)20-9-4-5-10(17)11(18)6-9/h4-7H,1-3H3,(H,19,20). The van der Waals surface area contributed by atoms with Crippen molar-refractivity contribution in [3.63, 3.8) is 0 Å². The number of anilines is 2. The highest BCUT2D eigenvalue weighted by Gasteiger charge is 2.16. The summed E-state index contributed by atoms with van der Waals surface area (Å²) in [4.78, 5) is 28.7. The normalized spacial score (nSPS) is 11.0. The Kier molecular flexibility index (Phi) is 3.67. The Morgan fingerprint density at radius 3 is 2.46 bits per heavy atom. The Morgan fingerprint density at radius 1 is 1.08 bits per heavy atom. The fourth-order valence-electron chi connectivity index (χ4n) is 2.50. The van der Waals surface area contributed by atoms with Crippen LogP contribution in [-0.4, -0.2) is 14.1 Å². The molecule has 0 spiro atoms. The molecule has 3 aromatic rings. The monoisotopic (exact) mass is 332 g/mol. The molecule has 124 valence electrons. The third-order valence-corrected chi connectivity index (χ3v) is 3.85. The second-order valence-electron chi connectivity index (χ2n) is 5.47. The van der Waals surface area contributed by atoms with E-state index in [2.05, 4.69) is 10.3 Å². The molecule has 0 fully saturated rings. The summed E-state index contributed by atoms with van der Waals surface area (Å²) in [5, 5.41) is 3.12. The van der Waals surface area contributed by atoms with Gasteiger partial charge in [0.2, 0.25) is 0 Å². The number of nitrogens with zero attached hydrogens (tertiary/aromatic N) is 3. The largest absolute Gasteiger partial charge is 0.354 e. The van der Waals surface area contributed by atoms with Crippen molar-refractivity contribution in [2.24, 2.45) is 14.1 Å². The summed E-state index contributed by atoms with van der Waals surface area (Å²) in [6.45, 7) is 1.72. The number of rotatable bonds is 2. The van der Waals surface area contributed by atoms with E-state index in [9.17, 15) is 18.4 Å². The van der Waals surface area contributed by atoms with Crippen LogP contribution in [0.4, 0.5) is 20.2 Å². The van der Waals surface area contributed by atoms with Gasteiger partial charge in [-0.3, -0.25) is 13.9 Å². The molecule has 0 aliphatic carbocycles. The van der Waals surface area contributed by atoms with Crippen LogP contribution in [0.1, 0.15) is 5.56 Å². The Balaban J connectivity index is 2.31. The van der Waals surface area contributed by atoms with Crippen molar-refractivity contribution in [1.82, 2.24) is 14.1 Å². The minimum absolute atomic E-state index is 0.198. The maximum atomic E-state index is 13.4. The molecule has 6 nitrogen and oxygen atoms in total. The first-order valence-corrected chi connectivity index (χ1v) is 7.08. The number of nitrogens with one attached hydrogen (secondary N) is 1. The van der Waals surface area contributed by atoms with Crippen molar-refractivity contribution in [2.45, 2.75) is 6.92 Å². The zero-order valence-corrected chi connectivity index (χ0v) is 13.2. The van der Waals surface area contributed by atoms with Crippen molar-refractivity contribution in [3.05, 3.63) is 62.4 Å². The molecule has 0 unspecified atom stereocenters. The summed E-state index contributed by atoms with van der Waals surface area (Å²) in [7, 11) is 2.88. The van der Waals surface area contributed by atoms with Crippen LogP contribution in [0.3, 0.4) is 0 Å². The van der Waals surface area contributed by atoms with E-state index in [0.29, 0.717) is 11.3 Å². The number of hydrogen-bond acceptors (Lipinski definition) is 4. The topological polar surface area (TPSA) is 68.9 Å². The maximum absolute atomic E-state index is 13.4. The van der Waals surface area contributed by atoms with Crippen LogP contribution in [0.2, 0.25) is 0 Å². The summed E-state index contributed by atoms with van der Waals surface area (Å²) < 4.78 is 28.7. The molecular weight excluding hydrogens is 318 g/mol. The first-order valence-electron chi connectivity index (χ1n) is 7.08. The molecule has 2 heterocycles. The summed E-state index contributed by atoms with van der Waals surface area (Å²) in [6.07, 6.45) is 1.50. The van der Waals surface area contributed by atoms with Crippen molar-refractivity contribution >= 4 is 22.4 Å². The lowest BCUT2D eigenvalue weighted by atomic mass is 10.1. The first kappa shape index (κ1) is 15.9. The second-order valence-corrected chi connectivity index (χ2v) is 5.47. The number of hydrogen-bond donors (Lipinski definition) is 1. The van der Waals surface area contributed by atoms with Gasteiger partial charge in [-0.25, -0.2) is 18.6 Å². The lowest BCUT2D eigenvalue weighted by molar-refractivity contribution is 0.509. The number of aryl methyl sites for hydroxylation is 2. The second kappa shape index (κ2) is 5.55. The number of halogens is 2. The SMILES string of the molecule is Cc1cnc2c(c1Nc1ccc(F)c(F)c1)c(=O)n(C)c(=O)n2C. The summed E-state index contributed by atoms with van der Waals surface area (Å²) in [6, 6.07) is 3.34. The molecule has 0 aliphatic heterocycles. The van der Waals surface area contributed by atoms with Gasteiger partial charge >= 0.3 is 5.69 Å². The van der Waals surface area contributed by atoms with Gasteiger partial charge in [0, 0.05) is 32.0 Å². The first-order chi connectivity index (χ1) is 11.3. The van der Waals surface area contributed by atoms with E-state index >= 15 is 0 Å². The lowest BCUT2D eigenvalue weighted by Crippen LogP contribution is -2.37. The van der Waals surface area contributed by atoms with Crippen LogP contribution < -0.4 is 16.6 Å². The van der Waals surface area contributed by atoms with Gasteiger partial charge in [0.15, 0.2) is 17.3 Å². The van der Waals surface area contributed by atoms with Gasteiger partial charge in [0.1, 0.15) is 5.39 Å². The number of benzene rings is 1. The summed E-state index contributed by atoms with van der Waals surface area (Å²) in [5.74, 6) is -1.97. The molecule has 1 aromatic carbocycles. The molecule has 0 aliphatic rings. The molecule has 0 bridgehead atoms. The van der Waals surface area contributed by atoms with E-state index in [-0.39, 0.29) is 16.7 Å². The highest BCUT2D eigenvalue weighted by atomic mass is 19.2. The number of fused-ring (bicyclic) bond motifs is 1. The Labute approximate surface area is 135 Å². The molecule has 1 N–H and O–H groups in total. The van der Waals surface area contributed by atoms with Gasteiger partial charge in [0.05, 0.1) is 5.69 Å². The fraction of sp³-hybridized carbons (Fsp3) is 0.188. The highest BCUT2D eigenvalue weighted by molar-refractivity contribution is 5.92. The molecule has 3 rings (SSSR count). The average Bonchev–Trinajstić information content (AvgIpc) is 2.56. The quantitative estimate of drug-likeness (QED) is 0.779. The van der Waals surface area contributed by atoms with Gasteiger partial charge in [-0.1, -0.05) is 0 Å². The van der Waals surface area contributed by atoms with Crippen LogP contribution in [0.5, 0.6) is 0 Å². The Bertz CT molecular complexity index is 1090. The number of aromatic nitrogens is 3. The Hall–Kier alpha value is -3.03. The smallest absolute Gasteiger partial charge is 0.332 e. The van der Waals surface area contributed by atoms with Crippen LogP contribution in [-0.2, 0) is 14.1 Å². The van der Waals surface area contributed by atoms with E-state index in [1.807, 2.05) is 0 Å². The third-order valence-electron chi connectivity index (χ3n) is 3.85. The fourth-order valence-corrected chi connectivity index (χ4v) is 2.50. The van der Waals surface area contributed by atoms with Crippen LogP contribution in [0.25, 0.3) is 11.0 Å². The van der Waals surface area contributed by atoms with Gasteiger partial charge in [-0.05, 0) is 24.6 Å². The lowest BCUT2D eigenvalue weighted by Gasteiger charge is -2.14. The van der Waals surface area contributed by atoms with Crippen molar-refractivity contribution in [2.75, 3.05) is 5.32 Å². The molecule has 0 saturated carbocycles. The molecule has 8 heteroatoms. The minimum atomic E-state index is -1.00. The van der Waals surface area contributed by atoms with Crippen LogP contribution in [0, 0.1) is 18.6 Å². The molecule has 0 radical (unpaired) electrons. The molecule has 0 amide bonds. The van der Waals surface area contributed by atoms with E-state index in [0.717, 1.165) is 16.7 Å². The zero-order valence-electron chi connectivity index (χ0n) is 13.2. The van der Waals surface area contributed by atoms with Gasteiger partial charge in [0.25, 0.3) is 5.56 Å². The maximum Gasteiger partial charge on any atom is 0.332 e. The number of pyridine rings is 1. The molecule has 0 atom stereocenters. The average molecular weight is 332 g/mol. The van der Waals surface area contributed by atoms with Gasteiger partial charge in [-0.15, -0.1) is 0 Å². The third kappa shape index (κ3) is 2.36. The molecule has 0 saturated heterocycles. The summed E-state index contributed by atoms with van der Waals surface area (Å²) >= 11 is 0. The van der Waals surface area contributed by atoms with Crippen LogP contribution in [0.15, 0.2) is 34.0 Å². The Morgan fingerprint density at radius 2 is 1.79 bits per heavy atom. The van der Waals surface area contributed by atoms with Crippen molar-refractivity contribution < 1.29 is 8.78 Å². The van der Waals surface area contributed by atoms with Gasteiger partial charge in [-0.2, -0.15) is 0 Å². The van der Waals surface area contributed by atoms with E-state index in [4.69, 9.17) is 0 Å². The van der Waals surface area contributed by atoms with Crippen molar-refractivity contribution in [3.8, 4) is 0 Å². The highest BCUT2D eigenvalue weighted by Crippen LogP contribution is 2.26. The molecule has 24 heavy (non-hydrogen) atoms. The predicted molar refractivity (Wildman–Crippen MR) is 86.6 cm³/mol. The minimum Gasteiger partial charge on any atom is -0.354 e.